The molecule has 0 aliphatic heterocycles. The highest BCUT2D eigenvalue weighted by molar-refractivity contribution is 7.18. The third-order valence-electron chi connectivity index (χ3n) is 4.42. The minimum atomic E-state index is -0.108. The van der Waals surface area contributed by atoms with Gasteiger partial charge in [-0.3, -0.25) is 4.79 Å². The summed E-state index contributed by atoms with van der Waals surface area (Å²) in [6.45, 7) is 6.31. The lowest BCUT2D eigenvalue weighted by Gasteiger charge is -2.18. The van der Waals surface area contributed by atoms with Gasteiger partial charge in [0.05, 0.1) is 5.39 Å². The number of carbonyl (C=O) groups is 1. The fourth-order valence-corrected chi connectivity index (χ4v) is 4.25. The zero-order valence-corrected chi connectivity index (χ0v) is 14.7. The summed E-state index contributed by atoms with van der Waals surface area (Å²) in [7, 11) is 0. The normalized spacial score (nSPS) is 18.5. The Balaban J connectivity index is 1.80. The van der Waals surface area contributed by atoms with E-state index in [-0.39, 0.29) is 18.6 Å². The van der Waals surface area contributed by atoms with Crippen LogP contribution in [0.25, 0.3) is 10.2 Å². The van der Waals surface area contributed by atoms with E-state index in [4.69, 9.17) is 4.74 Å². The first-order valence-corrected chi connectivity index (χ1v) is 9.07. The molecule has 0 saturated heterocycles. The van der Waals surface area contributed by atoms with E-state index in [1.54, 1.807) is 11.3 Å². The van der Waals surface area contributed by atoms with Crippen LogP contribution in [0.4, 0.5) is 0 Å². The Morgan fingerprint density at radius 3 is 3.13 bits per heavy atom. The monoisotopic (exact) mass is 333 g/mol. The quantitative estimate of drug-likeness (QED) is 0.913. The molecule has 3 rings (SSSR count). The van der Waals surface area contributed by atoms with E-state index in [1.807, 2.05) is 13.8 Å². The Bertz CT molecular complexity index is 713. The third kappa shape index (κ3) is 3.47. The Kier molecular flexibility index (Phi) is 4.80. The summed E-state index contributed by atoms with van der Waals surface area (Å²) in [6.07, 6.45) is 5.75. The van der Waals surface area contributed by atoms with E-state index < -0.39 is 0 Å². The van der Waals surface area contributed by atoms with Crippen molar-refractivity contribution >= 4 is 27.5 Å². The molecule has 1 amide bonds. The maximum absolute atomic E-state index is 11.9. The summed E-state index contributed by atoms with van der Waals surface area (Å²) in [5.41, 5.74) is 1.32. The molecule has 1 aliphatic rings. The zero-order valence-electron chi connectivity index (χ0n) is 13.9. The van der Waals surface area contributed by atoms with Gasteiger partial charge < -0.3 is 10.1 Å². The summed E-state index contributed by atoms with van der Waals surface area (Å²) in [4.78, 5) is 22.9. The van der Waals surface area contributed by atoms with Gasteiger partial charge in [-0.05, 0) is 44.1 Å². The minimum absolute atomic E-state index is 0.00250. The lowest BCUT2D eigenvalue weighted by atomic mass is 9.89. The Morgan fingerprint density at radius 2 is 2.35 bits per heavy atom. The smallest absolute Gasteiger partial charge is 0.258 e. The summed E-state index contributed by atoms with van der Waals surface area (Å²) >= 11 is 1.73. The van der Waals surface area contributed by atoms with Gasteiger partial charge in [0.1, 0.15) is 11.2 Å². The molecule has 0 bridgehead atoms. The van der Waals surface area contributed by atoms with E-state index in [2.05, 4.69) is 22.2 Å². The number of aryl methyl sites for hydroxylation is 1. The maximum Gasteiger partial charge on any atom is 0.258 e. The number of carbonyl (C=O) groups excluding carboxylic acids is 1. The fraction of sp³-hybridized carbons (Fsp3) is 0.588. The van der Waals surface area contributed by atoms with Gasteiger partial charge in [-0.15, -0.1) is 11.3 Å². The average molecular weight is 333 g/mol. The number of fused-ring (bicyclic) bond motifs is 3. The van der Waals surface area contributed by atoms with E-state index >= 15 is 0 Å². The number of aromatic nitrogens is 2. The van der Waals surface area contributed by atoms with Crippen LogP contribution in [-0.2, 0) is 17.6 Å². The average Bonchev–Trinajstić information content (AvgIpc) is 2.90. The molecule has 0 spiro atoms. The number of rotatable bonds is 5. The fourth-order valence-electron chi connectivity index (χ4n) is 2.91. The number of thiophene rings is 1. The van der Waals surface area contributed by atoms with E-state index in [0.29, 0.717) is 11.8 Å². The molecule has 2 aromatic rings. The van der Waals surface area contributed by atoms with Crippen LogP contribution >= 0.6 is 11.3 Å². The van der Waals surface area contributed by atoms with Crippen molar-refractivity contribution in [2.24, 2.45) is 5.92 Å². The summed E-state index contributed by atoms with van der Waals surface area (Å²) in [5.74, 6) is 1.15. The van der Waals surface area contributed by atoms with Crippen molar-refractivity contribution in [3.8, 4) is 5.88 Å². The molecule has 1 aliphatic carbocycles. The standard InChI is InChI=1S/C17H23N3O2S/c1-4-11(3)20-14(21)8-22-16-15-12-6-5-10(2)7-13(12)23-17(15)19-9-18-16/h9-11H,4-8H2,1-3H3,(H,20,21)/t10-,11+/m0/s1. The lowest BCUT2D eigenvalue weighted by molar-refractivity contribution is -0.123. The number of hydrogen-bond donors (Lipinski definition) is 1. The van der Waals surface area contributed by atoms with Crippen LogP contribution in [0, 0.1) is 5.92 Å². The van der Waals surface area contributed by atoms with Gasteiger partial charge in [0.2, 0.25) is 5.88 Å². The number of nitrogens with one attached hydrogen (secondary N) is 1. The first-order valence-electron chi connectivity index (χ1n) is 8.25. The van der Waals surface area contributed by atoms with Gasteiger partial charge >= 0.3 is 0 Å². The highest BCUT2D eigenvalue weighted by Gasteiger charge is 2.23. The van der Waals surface area contributed by atoms with Gasteiger partial charge in [-0.2, -0.15) is 0 Å². The van der Waals surface area contributed by atoms with Crippen molar-refractivity contribution in [3.63, 3.8) is 0 Å². The minimum Gasteiger partial charge on any atom is -0.467 e. The molecule has 2 atom stereocenters. The van der Waals surface area contributed by atoms with Crippen LogP contribution in [0.1, 0.15) is 44.1 Å². The van der Waals surface area contributed by atoms with Crippen molar-refractivity contribution in [1.29, 1.82) is 0 Å². The van der Waals surface area contributed by atoms with Crippen molar-refractivity contribution in [2.75, 3.05) is 6.61 Å². The predicted octanol–water partition coefficient (Wildman–Crippen LogP) is 3.11. The van der Waals surface area contributed by atoms with Gasteiger partial charge in [-0.1, -0.05) is 13.8 Å². The van der Waals surface area contributed by atoms with Crippen LogP contribution in [0.15, 0.2) is 6.33 Å². The van der Waals surface area contributed by atoms with Crippen molar-refractivity contribution in [1.82, 2.24) is 15.3 Å². The third-order valence-corrected chi connectivity index (χ3v) is 5.58. The molecule has 0 aromatic carbocycles. The molecule has 124 valence electrons. The van der Waals surface area contributed by atoms with Crippen LogP contribution < -0.4 is 10.1 Å². The van der Waals surface area contributed by atoms with E-state index in [0.717, 1.165) is 29.5 Å². The SMILES string of the molecule is CC[C@@H](C)NC(=O)COc1ncnc2sc3c(c12)CC[C@H](C)C3. The molecule has 6 heteroatoms. The first-order chi connectivity index (χ1) is 11.1. The molecule has 0 radical (unpaired) electrons. The van der Waals surface area contributed by atoms with Crippen LogP contribution in [0.3, 0.4) is 0 Å². The van der Waals surface area contributed by atoms with Gasteiger partial charge in [0.25, 0.3) is 5.91 Å². The second-order valence-electron chi connectivity index (χ2n) is 6.38. The van der Waals surface area contributed by atoms with Crippen LogP contribution in [0.5, 0.6) is 5.88 Å². The van der Waals surface area contributed by atoms with Gasteiger partial charge in [0.15, 0.2) is 6.61 Å². The molecule has 0 fully saturated rings. The summed E-state index contributed by atoms with van der Waals surface area (Å²) in [5, 5.41) is 3.92. The Morgan fingerprint density at radius 1 is 1.52 bits per heavy atom. The second-order valence-corrected chi connectivity index (χ2v) is 7.46. The van der Waals surface area contributed by atoms with Gasteiger partial charge in [-0.25, -0.2) is 9.97 Å². The predicted molar refractivity (Wildman–Crippen MR) is 92.0 cm³/mol. The maximum atomic E-state index is 11.9. The molecule has 2 heterocycles. The molecule has 0 unspecified atom stereocenters. The van der Waals surface area contributed by atoms with Crippen molar-refractivity contribution in [2.45, 2.75) is 52.5 Å². The topological polar surface area (TPSA) is 64.1 Å². The second kappa shape index (κ2) is 6.83. The van der Waals surface area contributed by atoms with Crippen molar-refractivity contribution < 1.29 is 9.53 Å². The number of amides is 1. The summed E-state index contributed by atoms with van der Waals surface area (Å²) in [6, 6.07) is 0.159. The number of hydrogen-bond acceptors (Lipinski definition) is 5. The summed E-state index contributed by atoms with van der Waals surface area (Å²) < 4.78 is 5.72. The molecule has 5 nitrogen and oxygen atoms in total. The molecular weight excluding hydrogens is 310 g/mol. The Labute approximate surface area is 140 Å². The molecule has 1 N–H and O–H groups in total. The molecule has 0 saturated carbocycles. The molecule has 2 aromatic heterocycles. The van der Waals surface area contributed by atoms with E-state index in [1.165, 1.54) is 23.2 Å². The number of ether oxygens (including phenoxy) is 1. The van der Waals surface area contributed by atoms with E-state index in [9.17, 15) is 4.79 Å². The highest BCUT2D eigenvalue weighted by atomic mass is 32.1. The molecule has 23 heavy (non-hydrogen) atoms. The van der Waals surface area contributed by atoms with Crippen LogP contribution in [-0.4, -0.2) is 28.5 Å². The number of nitrogens with zero attached hydrogens (tertiary/aromatic N) is 2. The largest absolute Gasteiger partial charge is 0.467 e. The Hall–Kier alpha value is -1.69. The highest BCUT2D eigenvalue weighted by Crippen LogP contribution is 2.40. The molecular formula is C17H23N3O2S. The first kappa shape index (κ1) is 16.2. The lowest BCUT2D eigenvalue weighted by Crippen LogP contribution is -2.35. The van der Waals surface area contributed by atoms with Crippen molar-refractivity contribution in [3.05, 3.63) is 16.8 Å². The van der Waals surface area contributed by atoms with Gasteiger partial charge in [0, 0.05) is 10.9 Å². The van der Waals surface area contributed by atoms with Crippen LogP contribution in [0.2, 0.25) is 0 Å². The zero-order chi connectivity index (χ0) is 16.4.